The highest BCUT2D eigenvalue weighted by Crippen LogP contribution is 2.19. The largest absolute Gasteiger partial charge is 0.348 e. The van der Waals surface area contributed by atoms with E-state index in [0.29, 0.717) is 6.54 Å². The Morgan fingerprint density at radius 2 is 1.77 bits per heavy atom. The predicted molar refractivity (Wildman–Crippen MR) is 85.6 cm³/mol. The van der Waals surface area contributed by atoms with Gasteiger partial charge in [-0.05, 0) is 17.7 Å². The third-order valence-electron chi connectivity index (χ3n) is 3.39. The Bertz CT molecular complexity index is 821. The van der Waals surface area contributed by atoms with Crippen molar-refractivity contribution < 1.29 is 9.18 Å². The highest BCUT2D eigenvalue weighted by molar-refractivity contribution is 5.93. The molecule has 22 heavy (non-hydrogen) atoms. The molecule has 0 radical (unpaired) electrons. The Hall–Kier alpha value is -2.88. The molecule has 0 aliphatic carbocycles. The fourth-order valence-electron chi connectivity index (χ4n) is 2.28. The van der Waals surface area contributed by atoms with E-state index in [1.807, 2.05) is 60.7 Å². The van der Waals surface area contributed by atoms with Crippen LogP contribution in [0.2, 0.25) is 0 Å². The topological polar surface area (TPSA) is 34.0 Å². The smallest absolute Gasteiger partial charge is 0.248 e. The van der Waals surface area contributed by atoms with E-state index < -0.39 is 11.9 Å². The summed E-state index contributed by atoms with van der Waals surface area (Å²) < 4.78 is 15.6. The number of amides is 1. The first-order chi connectivity index (χ1) is 10.7. The summed E-state index contributed by atoms with van der Waals surface area (Å²) in [4.78, 5) is 11.8. The molecule has 1 aromatic heterocycles. The number of halogens is 1. The van der Waals surface area contributed by atoms with Crippen LogP contribution in [0.25, 0.3) is 16.9 Å². The van der Waals surface area contributed by atoms with E-state index in [-0.39, 0.29) is 0 Å². The van der Waals surface area contributed by atoms with Crippen LogP contribution in [0.4, 0.5) is 4.39 Å². The van der Waals surface area contributed by atoms with Crippen LogP contribution in [0.5, 0.6) is 0 Å². The van der Waals surface area contributed by atoms with Crippen LogP contribution in [-0.4, -0.2) is 10.5 Å². The van der Waals surface area contributed by atoms with Gasteiger partial charge in [-0.25, -0.2) is 0 Å². The van der Waals surface area contributed by atoms with Gasteiger partial charge in [-0.1, -0.05) is 48.5 Å². The number of carbonyl (C=O) groups excluding carboxylic acids is 1. The van der Waals surface area contributed by atoms with Crippen molar-refractivity contribution in [2.24, 2.45) is 0 Å². The first kappa shape index (κ1) is 14.1. The van der Waals surface area contributed by atoms with E-state index in [4.69, 9.17) is 0 Å². The van der Waals surface area contributed by atoms with Crippen LogP contribution in [0.15, 0.2) is 72.9 Å². The van der Waals surface area contributed by atoms with Gasteiger partial charge in [-0.3, -0.25) is 9.36 Å². The summed E-state index contributed by atoms with van der Waals surface area (Å²) in [7, 11) is 0. The summed E-state index contributed by atoms with van der Waals surface area (Å²) >= 11 is 0. The predicted octanol–water partition coefficient (Wildman–Crippen LogP) is 3.73. The minimum absolute atomic E-state index is 0.371. The molecule has 3 nitrogen and oxygen atoms in total. The number of rotatable bonds is 4. The van der Waals surface area contributed by atoms with Crippen molar-refractivity contribution in [1.29, 1.82) is 0 Å². The Morgan fingerprint density at radius 3 is 2.59 bits per heavy atom. The molecule has 1 amide bonds. The molecule has 0 atom stereocenters. The minimum Gasteiger partial charge on any atom is -0.348 e. The molecule has 110 valence electrons. The maximum absolute atomic E-state index is 14.2. The third-order valence-corrected chi connectivity index (χ3v) is 3.39. The Balaban J connectivity index is 1.72. The Labute approximate surface area is 127 Å². The number of fused-ring (bicyclic) bond motifs is 1. The van der Waals surface area contributed by atoms with Crippen LogP contribution in [-0.2, 0) is 11.3 Å². The number of hydrogen-bond donors (Lipinski definition) is 1. The second-order valence-electron chi connectivity index (χ2n) is 4.92. The lowest BCUT2D eigenvalue weighted by Gasteiger charge is -2.04. The standard InChI is InChI=1S/C18H15FN2O/c19-17(21-11-10-15-8-4-5-9-16(15)21)12-18(22)20-13-14-6-2-1-3-7-14/h1-12H,13H2,(H,20,22). The van der Waals surface area contributed by atoms with E-state index in [1.165, 1.54) is 4.57 Å². The first-order valence-electron chi connectivity index (χ1n) is 6.99. The van der Waals surface area contributed by atoms with Crippen LogP contribution < -0.4 is 5.32 Å². The molecule has 0 aliphatic rings. The second-order valence-corrected chi connectivity index (χ2v) is 4.92. The van der Waals surface area contributed by atoms with Crippen LogP contribution in [0, 0.1) is 0 Å². The number of nitrogens with zero attached hydrogens (tertiary/aromatic N) is 1. The fourth-order valence-corrected chi connectivity index (χ4v) is 2.28. The lowest BCUT2D eigenvalue weighted by molar-refractivity contribution is -0.116. The van der Waals surface area contributed by atoms with Gasteiger partial charge in [0.25, 0.3) is 0 Å². The highest BCUT2D eigenvalue weighted by atomic mass is 19.1. The first-order valence-corrected chi connectivity index (χ1v) is 6.99. The highest BCUT2D eigenvalue weighted by Gasteiger charge is 2.07. The number of carbonyl (C=O) groups is 1. The molecule has 1 heterocycles. The maximum atomic E-state index is 14.2. The van der Waals surface area contributed by atoms with Gasteiger partial charge in [0.15, 0.2) is 0 Å². The molecule has 0 fully saturated rings. The summed E-state index contributed by atoms with van der Waals surface area (Å²) in [6.45, 7) is 0.371. The van der Waals surface area contributed by atoms with Crippen LogP contribution in [0.3, 0.4) is 0 Å². The molecule has 0 bridgehead atoms. The lowest BCUT2D eigenvalue weighted by Crippen LogP contribution is -2.20. The number of para-hydroxylation sites is 1. The van der Waals surface area contributed by atoms with E-state index in [0.717, 1.165) is 22.5 Å². The molecule has 4 heteroatoms. The Morgan fingerprint density at radius 1 is 1.05 bits per heavy atom. The monoisotopic (exact) mass is 294 g/mol. The summed E-state index contributed by atoms with van der Waals surface area (Å²) in [6.07, 6.45) is 2.58. The van der Waals surface area contributed by atoms with Gasteiger partial charge in [0.1, 0.15) is 0 Å². The maximum Gasteiger partial charge on any atom is 0.248 e. The summed E-state index contributed by atoms with van der Waals surface area (Å²) in [5.41, 5.74) is 1.70. The Kier molecular flexibility index (Phi) is 4.01. The van der Waals surface area contributed by atoms with Crippen molar-refractivity contribution in [1.82, 2.24) is 9.88 Å². The fraction of sp³-hybridized carbons (Fsp3) is 0.0556. The minimum atomic E-state index is -0.605. The number of benzene rings is 2. The van der Waals surface area contributed by atoms with Gasteiger partial charge in [-0.15, -0.1) is 0 Å². The van der Waals surface area contributed by atoms with Crippen molar-refractivity contribution in [2.45, 2.75) is 6.54 Å². The van der Waals surface area contributed by atoms with Gasteiger partial charge in [0, 0.05) is 18.1 Å². The van der Waals surface area contributed by atoms with Gasteiger partial charge >= 0.3 is 0 Å². The zero-order valence-corrected chi connectivity index (χ0v) is 11.9. The average Bonchev–Trinajstić information content (AvgIpc) is 2.98. The van der Waals surface area contributed by atoms with Crippen molar-refractivity contribution in [3.05, 3.63) is 78.5 Å². The average molecular weight is 294 g/mol. The van der Waals surface area contributed by atoms with Gasteiger partial charge in [0.2, 0.25) is 11.9 Å². The summed E-state index contributed by atoms with van der Waals surface area (Å²) in [5.74, 6) is -1.06. The van der Waals surface area contributed by atoms with E-state index in [2.05, 4.69) is 5.32 Å². The molecule has 2 aromatic carbocycles. The van der Waals surface area contributed by atoms with Crippen molar-refractivity contribution in [3.8, 4) is 0 Å². The van der Waals surface area contributed by atoms with E-state index in [9.17, 15) is 9.18 Å². The van der Waals surface area contributed by atoms with Crippen LogP contribution >= 0.6 is 0 Å². The second kappa shape index (κ2) is 6.26. The molecular weight excluding hydrogens is 279 g/mol. The molecule has 1 N–H and O–H groups in total. The molecule has 0 saturated heterocycles. The van der Waals surface area contributed by atoms with Crippen molar-refractivity contribution >= 4 is 22.8 Å². The summed E-state index contributed by atoms with van der Waals surface area (Å²) in [5, 5.41) is 3.60. The van der Waals surface area contributed by atoms with Crippen molar-refractivity contribution in [3.63, 3.8) is 0 Å². The molecule has 0 spiro atoms. The van der Waals surface area contributed by atoms with E-state index >= 15 is 0 Å². The lowest BCUT2D eigenvalue weighted by atomic mass is 10.2. The number of hydrogen-bond acceptors (Lipinski definition) is 1. The number of aromatic nitrogens is 1. The molecule has 3 rings (SSSR count). The molecule has 3 aromatic rings. The zero-order chi connectivity index (χ0) is 15.4. The molecule has 0 saturated carbocycles. The van der Waals surface area contributed by atoms with Gasteiger partial charge < -0.3 is 5.32 Å². The van der Waals surface area contributed by atoms with Crippen LogP contribution in [0.1, 0.15) is 5.56 Å². The van der Waals surface area contributed by atoms with Gasteiger partial charge in [-0.2, -0.15) is 4.39 Å². The van der Waals surface area contributed by atoms with Crippen molar-refractivity contribution in [2.75, 3.05) is 0 Å². The van der Waals surface area contributed by atoms with Gasteiger partial charge in [0.05, 0.1) is 11.6 Å². The normalized spacial score (nSPS) is 11.6. The SMILES string of the molecule is O=C(C=C(F)n1ccc2ccccc21)NCc1ccccc1. The molecule has 0 unspecified atom stereocenters. The van der Waals surface area contributed by atoms with E-state index in [1.54, 1.807) is 6.20 Å². The summed E-state index contributed by atoms with van der Waals surface area (Å²) in [6, 6.07) is 18.7. The molecular formula is C18H15FN2O. The number of nitrogens with one attached hydrogen (secondary N) is 1. The quantitative estimate of drug-likeness (QED) is 0.731. The molecule has 0 aliphatic heterocycles. The third kappa shape index (κ3) is 3.06. The zero-order valence-electron chi connectivity index (χ0n) is 11.9.